The van der Waals surface area contributed by atoms with Gasteiger partial charge in [-0.2, -0.15) is 24.3 Å². The molecule has 0 aliphatic rings. The van der Waals surface area contributed by atoms with E-state index in [1.54, 1.807) is 24.3 Å². The summed E-state index contributed by atoms with van der Waals surface area (Å²) in [5, 5.41) is 19.0. The zero-order valence-corrected chi connectivity index (χ0v) is 28.5. The highest BCUT2D eigenvalue weighted by molar-refractivity contribution is 7.14. The first-order valence-corrected chi connectivity index (χ1v) is 17.2. The fourth-order valence-electron chi connectivity index (χ4n) is 5.54. The summed E-state index contributed by atoms with van der Waals surface area (Å²) in [4.78, 5) is 5.49. The molecule has 0 spiro atoms. The Morgan fingerprint density at radius 1 is 0.680 bits per heavy atom. The molecule has 0 fully saturated rings. The van der Waals surface area contributed by atoms with E-state index in [-0.39, 0.29) is 4.88 Å². The van der Waals surface area contributed by atoms with Crippen LogP contribution in [-0.4, -0.2) is 4.98 Å². The van der Waals surface area contributed by atoms with E-state index in [4.69, 9.17) is 0 Å². The molecule has 0 bridgehead atoms. The molecular formula is C41H34F4N4S. The predicted molar refractivity (Wildman–Crippen MR) is 193 cm³/mol. The topological polar surface area (TPSA) is 63.7 Å². The molecule has 50 heavy (non-hydrogen) atoms. The predicted octanol–water partition coefficient (Wildman–Crippen LogP) is 11.9. The molecule has 0 saturated heterocycles. The lowest BCUT2D eigenvalue weighted by atomic mass is 9.99. The largest absolute Gasteiger partial charge is 0.311 e. The lowest BCUT2D eigenvalue weighted by Crippen LogP contribution is -2.10. The zero-order chi connectivity index (χ0) is 35.6. The molecule has 0 aliphatic heterocycles. The van der Waals surface area contributed by atoms with Gasteiger partial charge in [0.05, 0.1) is 5.56 Å². The second-order valence-electron chi connectivity index (χ2n) is 11.7. The number of anilines is 3. The second kappa shape index (κ2) is 16.7. The molecule has 3 aromatic carbocycles. The maximum atomic E-state index is 14.7. The van der Waals surface area contributed by atoms with Gasteiger partial charge in [0.25, 0.3) is 11.9 Å². The molecular weight excluding hydrogens is 657 g/mol. The van der Waals surface area contributed by atoms with Crippen molar-refractivity contribution in [2.24, 2.45) is 0 Å². The average molecular weight is 691 g/mol. The van der Waals surface area contributed by atoms with Crippen molar-refractivity contribution >= 4 is 46.1 Å². The van der Waals surface area contributed by atoms with Crippen molar-refractivity contribution < 1.29 is 17.6 Å². The van der Waals surface area contributed by atoms with Crippen LogP contribution in [0.25, 0.3) is 17.7 Å². The molecule has 0 unspecified atom stereocenters. The van der Waals surface area contributed by atoms with Gasteiger partial charge in [-0.15, -0.1) is 11.3 Å². The number of nitriles is 2. The maximum absolute atomic E-state index is 14.7. The monoisotopic (exact) mass is 690 g/mol. The van der Waals surface area contributed by atoms with E-state index in [0.29, 0.717) is 4.88 Å². The highest BCUT2D eigenvalue weighted by Gasteiger charge is 2.28. The first kappa shape index (κ1) is 35.8. The van der Waals surface area contributed by atoms with Crippen LogP contribution < -0.4 is 4.90 Å². The summed E-state index contributed by atoms with van der Waals surface area (Å²) in [6, 6.07) is 31.5. The summed E-state index contributed by atoms with van der Waals surface area (Å²) < 4.78 is 57.4. The average Bonchev–Trinajstić information content (AvgIpc) is 3.61. The molecule has 0 aliphatic carbocycles. The molecule has 0 amide bonds. The lowest BCUT2D eigenvalue weighted by Gasteiger charge is -2.26. The Morgan fingerprint density at radius 2 is 1.16 bits per heavy atom. The Balaban J connectivity index is 1.43. The molecule has 5 aromatic rings. The molecule has 4 nitrogen and oxygen atoms in total. The number of hydrogen-bond donors (Lipinski definition) is 0. The van der Waals surface area contributed by atoms with Gasteiger partial charge >= 0.3 is 0 Å². The highest BCUT2D eigenvalue weighted by Crippen LogP contribution is 2.38. The normalized spacial score (nSPS) is 11.0. The minimum Gasteiger partial charge on any atom is -0.311 e. The number of rotatable bonds is 13. The van der Waals surface area contributed by atoms with E-state index in [1.165, 1.54) is 17.2 Å². The number of aryl methyl sites for hydroxylation is 2. The van der Waals surface area contributed by atoms with Crippen molar-refractivity contribution in [2.75, 3.05) is 4.90 Å². The van der Waals surface area contributed by atoms with Crippen molar-refractivity contribution in [1.29, 1.82) is 10.5 Å². The van der Waals surface area contributed by atoms with E-state index < -0.39 is 40.2 Å². The summed E-state index contributed by atoms with van der Waals surface area (Å²) in [7, 11) is 0. The SMILES string of the molecule is CCCCc1ccc(N(c2ccc(/C=C/c3ccc(C(=C(C#N)C#N)c4c(F)c(F)nc(F)c4F)s3)cc2)c2ccc(CCCC)cc2)cc1. The molecule has 0 N–H and O–H groups in total. The molecule has 0 atom stereocenters. The standard InChI is InChI=1S/C41H34F4N4S/c1-3-5-7-27-9-16-31(17-10-27)49(32-18-11-28(12-19-32)8-6-4-2)33-20-13-29(14-21-33)15-22-34-23-24-35(50-34)36(30(25-46)26-47)37-38(42)40(44)48-41(45)39(37)43/h9-24H,3-8H2,1-2H3/b22-15+. The van der Waals surface area contributed by atoms with Crippen LogP contribution in [-0.2, 0) is 12.8 Å². The van der Waals surface area contributed by atoms with Gasteiger partial charge in [-0.05, 0) is 97.0 Å². The second-order valence-corrected chi connectivity index (χ2v) is 12.8. The number of benzene rings is 3. The van der Waals surface area contributed by atoms with Gasteiger partial charge in [-0.1, -0.05) is 69.2 Å². The van der Waals surface area contributed by atoms with Gasteiger partial charge in [-0.3, -0.25) is 0 Å². The van der Waals surface area contributed by atoms with Crippen molar-refractivity contribution in [2.45, 2.75) is 52.4 Å². The third-order valence-electron chi connectivity index (χ3n) is 8.21. The quantitative estimate of drug-likeness (QED) is 0.0701. The van der Waals surface area contributed by atoms with Crippen molar-refractivity contribution in [3.05, 3.63) is 146 Å². The summed E-state index contributed by atoms with van der Waals surface area (Å²) in [6.45, 7) is 4.38. The Morgan fingerprint density at radius 3 is 1.62 bits per heavy atom. The Hall–Kier alpha value is -5.51. The van der Waals surface area contributed by atoms with E-state index in [0.717, 1.165) is 72.5 Å². The Bertz CT molecular complexity index is 1990. The van der Waals surface area contributed by atoms with Gasteiger partial charge in [0.2, 0.25) is 0 Å². The molecule has 2 aromatic heterocycles. The fraction of sp³-hybridized carbons (Fsp3) is 0.195. The van der Waals surface area contributed by atoms with E-state index in [1.807, 2.05) is 30.3 Å². The van der Waals surface area contributed by atoms with Crippen LogP contribution in [0, 0.1) is 46.2 Å². The zero-order valence-electron chi connectivity index (χ0n) is 27.7. The van der Waals surface area contributed by atoms with Crippen LogP contribution >= 0.6 is 11.3 Å². The first-order chi connectivity index (χ1) is 24.3. The molecule has 9 heteroatoms. The number of aromatic nitrogens is 1. The van der Waals surface area contributed by atoms with Gasteiger partial charge in [0, 0.05) is 32.4 Å². The highest BCUT2D eigenvalue weighted by atomic mass is 32.1. The molecule has 0 saturated carbocycles. The summed E-state index contributed by atoms with van der Waals surface area (Å²) in [6.07, 6.45) is 10.3. The lowest BCUT2D eigenvalue weighted by molar-refractivity contribution is 0.404. The molecule has 0 radical (unpaired) electrons. The van der Waals surface area contributed by atoms with Crippen LogP contribution in [0.4, 0.5) is 34.6 Å². The summed E-state index contributed by atoms with van der Waals surface area (Å²) in [5.74, 6) is -7.33. The summed E-state index contributed by atoms with van der Waals surface area (Å²) in [5.41, 5.74) is 4.13. The maximum Gasteiger partial charge on any atom is 0.252 e. The first-order valence-electron chi connectivity index (χ1n) is 16.4. The van der Waals surface area contributed by atoms with Crippen molar-refractivity contribution in [3.8, 4) is 12.1 Å². The molecule has 5 rings (SSSR count). The minimum absolute atomic E-state index is 0.0814. The molecule has 2 heterocycles. The van der Waals surface area contributed by atoms with E-state index in [2.05, 4.69) is 72.3 Å². The number of pyridine rings is 1. The van der Waals surface area contributed by atoms with Gasteiger partial charge in [0.1, 0.15) is 17.7 Å². The van der Waals surface area contributed by atoms with Gasteiger partial charge < -0.3 is 4.90 Å². The van der Waals surface area contributed by atoms with Crippen LogP contribution in [0.5, 0.6) is 0 Å². The smallest absolute Gasteiger partial charge is 0.252 e. The number of halogens is 4. The number of hydrogen-bond acceptors (Lipinski definition) is 5. The number of allylic oxidation sites excluding steroid dienone is 1. The van der Waals surface area contributed by atoms with Crippen LogP contribution in [0.2, 0.25) is 0 Å². The third-order valence-corrected chi connectivity index (χ3v) is 9.28. The summed E-state index contributed by atoms with van der Waals surface area (Å²) >= 11 is 1.00. The Kier molecular flexibility index (Phi) is 12.0. The number of thiophene rings is 1. The minimum atomic E-state index is -1.88. The third kappa shape index (κ3) is 8.19. The van der Waals surface area contributed by atoms with Crippen LogP contribution in [0.15, 0.2) is 90.5 Å². The van der Waals surface area contributed by atoms with Gasteiger partial charge in [0.15, 0.2) is 11.6 Å². The number of nitrogens with zero attached hydrogens (tertiary/aromatic N) is 4. The van der Waals surface area contributed by atoms with E-state index in [9.17, 15) is 28.1 Å². The Labute approximate surface area is 293 Å². The molecule has 252 valence electrons. The fourth-order valence-corrected chi connectivity index (χ4v) is 6.51. The van der Waals surface area contributed by atoms with Crippen LogP contribution in [0.3, 0.4) is 0 Å². The number of unbranched alkanes of at least 4 members (excludes halogenated alkanes) is 2. The van der Waals surface area contributed by atoms with Crippen molar-refractivity contribution in [1.82, 2.24) is 4.98 Å². The van der Waals surface area contributed by atoms with Crippen LogP contribution in [0.1, 0.15) is 71.5 Å². The van der Waals surface area contributed by atoms with E-state index >= 15 is 0 Å². The van der Waals surface area contributed by atoms with Crippen molar-refractivity contribution in [3.63, 3.8) is 0 Å². The van der Waals surface area contributed by atoms with Gasteiger partial charge in [-0.25, -0.2) is 8.78 Å².